The molecule has 0 bridgehead atoms. The third kappa shape index (κ3) is 2.80. The quantitative estimate of drug-likeness (QED) is 0.506. The number of β-lactam (4-membered cyclic amide) rings is 1. The first-order valence-electron chi connectivity index (χ1n) is 6.08. The molecule has 6 heteroatoms. The fourth-order valence-corrected chi connectivity index (χ4v) is 3.12. The van der Waals surface area contributed by atoms with Gasteiger partial charge in [0.05, 0.1) is 11.8 Å². The zero-order valence-corrected chi connectivity index (χ0v) is 12.0. The van der Waals surface area contributed by atoms with Gasteiger partial charge in [0.15, 0.2) is 5.70 Å². The molecule has 0 radical (unpaired) electrons. The largest absolute Gasteiger partial charge is 0.510 e. The SMILES string of the molecule is CC(O)=C(C(=O)O)N1C(=O)CC1Sc1ccc(C)cc1. The van der Waals surface area contributed by atoms with Gasteiger partial charge < -0.3 is 10.2 Å². The van der Waals surface area contributed by atoms with E-state index in [1.807, 2.05) is 31.2 Å². The highest BCUT2D eigenvalue weighted by Gasteiger charge is 2.42. The van der Waals surface area contributed by atoms with Crippen molar-refractivity contribution >= 4 is 23.6 Å². The lowest BCUT2D eigenvalue weighted by Gasteiger charge is -2.39. The van der Waals surface area contributed by atoms with Crippen LogP contribution >= 0.6 is 11.8 Å². The second kappa shape index (κ2) is 5.58. The van der Waals surface area contributed by atoms with Crippen molar-refractivity contribution in [2.75, 3.05) is 0 Å². The summed E-state index contributed by atoms with van der Waals surface area (Å²) >= 11 is 1.41. The molecule has 0 aliphatic carbocycles. The van der Waals surface area contributed by atoms with Gasteiger partial charge in [0.2, 0.25) is 5.91 Å². The van der Waals surface area contributed by atoms with Crippen LogP contribution in [0.2, 0.25) is 0 Å². The number of carbonyl (C=O) groups excluding carboxylic acids is 1. The minimum Gasteiger partial charge on any atom is -0.510 e. The van der Waals surface area contributed by atoms with Crippen LogP contribution in [0.4, 0.5) is 0 Å². The molecule has 1 saturated heterocycles. The molecular weight excluding hydrogens is 278 g/mol. The van der Waals surface area contributed by atoms with Crippen molar-refractivity contribution in [1.29, 1.82) is 0 Å². The summed E-state index contributed by atoms with van der Waals surface area (Å²) in [4.78, 5) is 24.9. The molecule has 20 heavy (non-hydrogen) atoms. The Kier molecular flexibility index (Phi) is 4.04. The average Bonchev–Trinajstić information content (AvgIpc) is 2.37. The van der Waals surface area contributed by atoms with Crippen LogP contribution in [0.15, 0.2) is 40.6 Å². The van der Waals surface area contributed by atoms with E-state index >= 15 is 0 Å². The van der Waals surface area contributed by atoms with Crippen molar-refractivity contribution in [3.63, 3.8) is 0 Å². The predicted molar refractivity (Wildman–Crippen MR) is 75.3 cm³/mol. The van der Waals surface area contributed by atoms with Crippen molar-refractivity contribution in [1.82, 2.24) is 4.90 Å². The number of allylic oxidation sites excluding steroid dienone is 1. The third-order valence-electron chi connectivity index (χ3n) is 2.99. The van der Waals surface area contributed by atoms with Crippen LogP contribution < -0.4 is 0 Å². The molecule has 1 fully saturated rings. The van der Waals surface area contributed by atoms with Crippen molar-refractivity contribution in [3.8, 4) is 0 Å². The van der Waals surface area contributed by atoms with E-state index in [1.54, 1.807) is 0 Å². The van der Waals surface area contributed by atoms with Gasteiger partial charge >= 0.3 is 5.97 Å². The van der Waals surface area contributed by atoms with Gasteiger partial charge in [-0.15, -0.1) is 11.8 Å². The molecule has 1 aliphatic rings. The van der Waals surface area contributed by atoms with Crippen molar-refractivity contribution in [2.45, 2.75) is 30.5 Å². The van der Waals surface area contributed by atoms with Crippen LogP contribution in [0, 0.1) is 6.92 Å². The predicted octanol–water partition coefficient (Wildman–Crippen LogP) is 2.52. The first-order valence-corrected chi connectivity index (χ1v) is 6.96. The van der Waals surface area contributed by atoms with Crippen LogP contribution in [0.3, 0.4) is 0 Å². The Morgan fingerprint density at radius 3 is 2.35 bits per heavy atom. The lowest BCUT2D eigenvalue weighted by molar-refractivity contribution is -0.146. The molecule has 1 atom stereocenters. The highest BCUT2D eigenvalue weighted by molar-refractivity contribution is 8.00. The van der Waals surface area contributed by atoms with Gasteiger partial charge in [-0.05, 0) is 26.0 Å². The zero-order chi connectivity index (χ0) is 14.9. The minimum atomic E-state index is -1.30. The minimum absolute atomic E-state index is 0.266. The van der Waals surface area contributed by atoms with E-state index in [4.69, 9.17) is 5.11 Å². The van der Waals surface area contributed by atoms with Gasteiger partial charge in [-0.1, -0.05) is 17.7 Å². The van der Waals surface area contributed by atoms with Gasteiger partial charge in [-0.3, -0.25) is 9.69 Å². The number of carboxylic acid groups (broad SMARTS) is 1. The van der Waals surface area contributed by atoms with Crippen LogP contribution in [-0.4, -0.2) is 32.4 Å². The van der Waals surface area contributed by atoms with E-state index in [0.29, 0.717) is 0 Å². The Hall–Kier alpha value is -1.95. The monoisotopic (exact) mass is 293 g/mol. The highest BCUT2D eigenvalue weighted by Crippen LogP contribution is 2.38. The fraction of sp³-hybridized carbons (Fsp3) is 0.286. The van der Waals surface area contributed by atoms with Crippen LogP contribution in [0.1, 0.15) is 18.9 Å². The molecular formula is C14H15NO4S. The van der Waals surface area contributed by atoms with Crippen molar-refractivity contribution < 1.29 is 19.8 Å². The number of aliphatic hydroxyl groups is 1. The number of rotatable bonds is 4. The number of thioether (sulfide) groups is 1. The standard InChI is InChI=1S/C14H15NO4S/c1-8-3-5-10(6-4-8)20-12-7-11(17)15(12)13(9(2)16)14(18)19/h3-6,12,16H,7H2,1-2H3,(H,18,19). The summed E-state index contributed by atoms with van der Waals surface area (Å²) in [6.07, 6.45) is 0.266. The molecule has 2 N–H and O–H groups in total. The summed E-state index contributed by atoms with van der Waals surface area (Å²) in [6.45, 7) is 3.25. The van der Waals surface area contributed by atoms with Crippen molar-refractivity contribution in [3.05, 3.63) is 41.3 Å². The van der Waals surface area contributed by atoms with Crippen molar-refractivity contribution in [2.24, 2.45) is 0 Å². The second-order valence-corrected chi connectivity index (χ2v) is 5.84. The second-order valence-electron chi connectivity index (χ2n) is 4.59. The normalized spacial score (nSPS) is 19.4. The number of aliphatic carboxylic acids is 1. The maximum absolute atomic E-state index is 11.6. The average molecular weight is 293 g/mol. The summed E-state index contributed by atoms with van der Waals surface area (Å²) in [5.41, 5.74) is 0.791. The molecule has 1 heterocycles. The van der Waals surface area contributed by atoms with E-state index in [9.17, 15) is 14.7 Å². The van der Waals surface area contributed by atoms with Crippen LogP contribution in [0.5, 0.6) is 0 Å². The smallest absolute Gasteiger partial charge is 0.356 e. The van der Waals surface area contributed by atoms with E-state index in [0.717, 1.165) is 15.4 Å². The summed E-state index contributed by atoms with van der Waals surface area (Å²) < 4.78 is 0. The molecule has 1 aromatic carbocycles. The number of likely N-dealkylation sites (tertiary alicyclic amines) is 1. The Morgan fingerprint density at radius 1 is 1.30 bits per heavy atom. The summed E-state index contributed by atoms with van der Waals surface area (Å²) in [5, 5.41) is 18.3. The molecule has 2 rings (SSSR count). The number of aryl methyl sites for hydroxylation is 1. The zero-order valence-electron chi connectivity index (χ0n) is 11.2. The molecule has 1 aliphatic heterocycles. The molecule has 1 amide bonds. The Bertz CT molecular complexity index is 575. The number of hydrogen-bond donors (Lipinski definition) is 2. The maximum atomic E-state index is 11.6. The van der Waals surface area contributed by atoms with Gasteiger partial charge in [-0.25, -0.2) is 4.79 Å². The van der Waals surface area contributed by atoms with E-state index in [2.05, 4.69) is 0 Å². The molecule has 0 aromatic heterocycles. The molecule has 5 nitrogen and oxygen atoms in total. The number of benzene rings is 1. The molecule has 106 valence electrons. The van der Waals surface area contributed by atoms with E-state index in [1.165, 1.54) is 18.7 Å². The summed E-state index contributed by atoms with van der Waals surface area (Å²) in [5.74, 6) is -1.95. The number of carbonyl (C=O) groups is 2. The number of hydrogen-bond acceptors (Lipinski definition) is 4. The molecule has 0 saturated carbocycles. The van der Waals surface area contributed by atoms with Gasteiger partial charge in [0.1, 0.15) is 5.76 Å². The Morgan fingerprint density at radius 2 is 1.90 bits per heavy atom. The first kappa shape index (κ1) is 14.5. The number of carboxylic acids is 1. The highest BCUT2D eigenvalue weighted by atomic mass is 32.2. The number of nitrogens with zero attached hydrogens (tertiary/aromatic N) is 1. The Balaban J connectivity index is 2.18. The number of aliphatic hydroxyl groups excluding tert-OH is 1. The lowest BCUT2D eigenvalue weighted by Crippen LogP contribution is -2.51. The molecule has 0 spiro atoms. The van der Waals surface area contributed by atoms with Gasteiger partial charge in [-0.2, -0.15) is 0 Å². The summed E-state index contributed by atoms with van der Waals surface area (Å²) in [7, 11) is 0. The van der Waals surface area contributed by atoms with Gasteiger partial charge in [0.25, 0.3) is 0 Å². The first-order chi connectivity index (χ1) is 9.40. The fourth-order valence-electron chi connectivity index (χ4n) is 1.96. The lowest BCUT2D eigenvalue weighted by atomic mass is 10.1. The molecule has 1 unspecified atom stereocenters. The Labute approximate surface area is 120 Å². The molecule has 1 aromatic rings. The topological polar surface area (TPSA) is 77.8 Å². The maximum Gasteiger partial charge on any atom is 0.356 e. The summed E-state index contributed by atoms with van der Waals surface area (Å²) in [6, 6.07) is 7.77. The van der Waals surface area contributed by atoms with Gasteiger partial charge in [0, 0.05) is 4.90 Å². The van der Waals surface area contributed by atoms with E-state index < -0.39 is 5.97 Å². The van der Waals surface area contributed by atoms with Crippen LogP contribution in [-0.2, 0) is 9.59 Å². The third-order valence-corrected chi connectivity index (χ3v) is 4.18. The van der Waals surface area contributed by atoms with Crippen LogP contribution in [0.25, 0.3) is 0 Å². The number of amides is 1. The van der Waals surface area contributed by atoms with E-state index in [-0.39, 0.29) is 29.2 Å².